The van der Waals surface area contributed by atoms with Crippen LogP contribution in [-0.4, -0.2) is 47.1 Å². The maximum Gasteiger partial charge on any atom is 0.258 e. The van der Waals surface area contributed by atoms with Crippen LogP contribution < -0.4 is 16.2 Å². The Kier molecular flexibility index (Phi) is 6.35. The number of nitrogen functional groups attached to an aromatic ring is 1. The molecule has 3 N–H and O–H groups in total. The molecular weight excluding hydrogens is 484 g/mol. The first-order chi connectivity index (χ1) is 18.4. The van der Waals surface area contributed by atoms with Gasteiger partial charge >= 0.3 is 0 Å². The molecule has 4 aromatic rings. The lowest BCUT2D eigenvalue weighted by Crippen LogP contribution is -2.49. The van der Waals surface area contributed by atoms with Crippen LogP contribution in [0.15, 0.2) is 59.5 Å². The molecule has 0 unspecified atom stereocenters. The quantitative estimate of drug-likeness (QED) is 0.335. The van der Waals surface area contributed by atoms with E-state index in [2.05, 4.69) is 26.7 Å². The van der Waals surface area contributed by atoms with Crippen LogP contribution in [0.1, 0.15) is 26.2 Å². The molecule has 2 fully saturated rings. The van der Waals surface area contributed by atoms with Crippen molar-refractivity contribution >= 4 is 22.3 Å². The van der Waals surface area contributed by atoms with Crippen LogP contribution in [0.2, 0.25) is 0 Å². The van der Waals surface area contributed by atoms with E-state index < -0.39 is 17.3 Å². The highest BCUT2D eigenvalue weighted by Gasteiger charge is 2.28. The Hall–Kier alpha value is -3.78. The van der Waals surface area contributed by atoms with E-state index in [-0.39, 0.29) is 16.8 Å². The number of H-pyrrole nitrogens is 1. The first-order valence-corrected chi connectivity index (χ1v) is 13.2. The number of fused-ring (bicyclic) bond motifs is 1. The van der Waals surface area contributed by atoms with Gasteiger partial charge < -0.3 is 15.6 Å². The van der Waals surface area contributed by atoms with Crippen molar-refractivity contribution in [1.29, 1.82) is 0 Å². The predicted molar refractivity (Wildman–Crippen MR) is 148 cm³/mol. The summed E-state index contributed by atoms with van der Waals surface area (Å²) in [5.41, 5.74) is 8.43. The molecule has 3 heterocycles. The monoisotopic (exact) mass is 515 g/mol. The fraction of sp³-hybridized carbons (Fsp3) is 0.333. The fourth-order valence-electron chi connectivity index (χ4n) is 5.63. The SMILES string of the molecule is C[C@H](CC1CC1)N1CCN(c2ccc(-c3cc(-c4cc(F)c5c(=O)[nH]ccc5c4)c(N)nc3F)cc2)CC1. The highest BCUT2D eigenvalue weighted by atomic mass is 19.1. The molecule has 6 rings (SSSR count). The molecule has 0 bridgehead atoms. The van der Waals surface area contributed by atoms with Crippen molar-refractivity contribution in [1.82, 2.24) is 14.9 Å². The number of hydrogen-bond donors (Lipinski definition) is 2. The van der Waals surface area contributed by atoms with Gasteiger partial charge in [-0.3, -0.25) is 9.69 Å². The molecule has 1 saturated carbocycles. The molecule has 2 aromatic carbocycles. The molecule has 6 nitrogen and oxygen atoms in total. The number of benzene rings is 2. The molecule has 0 amide bonds. The van der Waals surface area contributed by atoms with Crippen LogP contribution in [0.4, 0.5) is 20.3 Å². The van der Waals surface area contributed by atoms with Crippen molar-refractivity contribution in [3.63, 3.8) is 0 Å². The average molecular weight is 516 g/mol. The van der Waals surface area contributed by atoms with E-state index >= 15 is 0 Å². The largest absolute Gasteiger partial charge is 0.383 e. The van der Waals surface area contributed by atoms with E-state index in [9.17, 15) is 13.6 Å². The van der Waals surface area contributed by atoms with E-state index in [0.29, 0.717) is 28.1 Å². The zero-order valence-electron chi connectivity index (χ0n) is 21.4. The lowest BCUT2D eigenvalue weighted by molar-refractivity contribution is 0.183. The minimum absolute atomic E-state index is 0.0288. The molecule has 2 aliphatic rings. The normalized spacial score (nSPS) is 17.2. The van der Waals surface area contributed by atoms with Crippen molar-refractivity contribution in [3.05, 3.63) is 76.8 Å². The van der Waals surface area contributed by atoms with Crippen LogP contribution in [-0.2, 0) is 0 Å². The lowest BCUT2D eigenvalue weighted by atomic mass is 9.98. The molecule has 2 aromatic heterocycles. The maximum atomic E-state index is 15.0. The van der Waals surface area contributed by atoms with Crippen molar-refractivity contribution < 1.29 is 8.78 Å². The van der Waals surface area contributed by atoms with E-state index in [1.165, 1.54) is 31.5 Å². The summed E-state index contributed by atoms with van der Waals surface area (Å²) in [5, 5.41) is 0.402. The van der Waals surface area contributed by atoms with Crippen LogP contribution >= 0.6 is 0 Å². The van der Waals surface area contributed by atoms with E-state index in [4.69, 9.17) is 5.73 Å². The van der Waals surface area contributed by atoms with Gasteiger partial charge in [-0.2, -0.15) is 4.39 Å². The van der Waals surface area contributed by atoms with Crippen LogP contribution in [0.25, 0.3) is 33.0 Å². The predicted octanol–water partition coefficient (Wildman–Crippen LogP) is 5.43. The van der Waals surface area contributed by atoms with Crippen molar-refractivity contribution in [2.45, 2.75) is 32.2 Å². The minimum atomic E-state index is -0.685. The minimum Gasteiger partial charge on any atom is -0.383 e. The number of halogens is 2. The molecule has 1 saturated heterocycles. The van der Waals surface area contributed by atoms with Gasteiger partial charge in [-0.1, -0.05) is 25.0 Å². The van der Waals surface area contributed by atoms with Gasteiger partial charge in [0.1, 0.15) is 11.6 Å². The average Bonchev–Trinajstić information content (AvgIpc) is 3.73. The van der Waals surface area contributed by atoms with E-state index in [1.807, 2.05) is 24.3 Å². The lowest BCUT2D eigenvalue weighted by Gasteiger charge is -2.39. The highest BCUT2D eigenvalue weighted by Crippen LogP contribution is 2.36. The van der Waals surface area contributed by atoms with Crippen LogP contribution in [0.5, 0.6) is 0 Å². The Balaban J connectivity index is 1.24. The number of nitrogens with one attached hydrogen (secondary N) is 1. The molecule has 38 heavy (non-hydrogen) atoms. The number of piperazine rings is 1. The zero-order valence-corrected chi connectivity index (χ0v) is 21.4. The Bertz CT molecular complexity index is 1540. The number of nitrogens with zero attached hydrogens (tertiary/aromatic N) is 3. The first-order valence-electron chi connectivity index (χ1n) is 13.2. The summed E-state index contributed by atoms with van der Waals surface area (Å²) in [6.45, 7) is 6.37. The Morgan fingerprint density at radius 2 is 1.74 bits per heavy atom. The van der Waals surface area contributed by atoms with Gasteiger partial charge in [0.25, 0.3) is 5.56 Å². The molecule has 1 aliphatic heterocycles. The van der Waals surface area contributed by atoms with E-state index in [1.54, 1.807) is 18.2 Å². The summed E-state index contributed by atoms with van der Waals surface area (Å²) < 4.78 is 29.8. The summed E-state index contributed by atoms with van der Waals surface area (Å²) in [6, 6.07) is 14.5. The van der Waals surface area contributed by atoms with Crippen molar-refractivity contribution in [3.8, 4) is 22.3 Å². The summed E-state index contributed by atoms with van der Waals surface area (Å²) >= 11 is 0. The summed E-state index contributed by atoms with van der Waals surface area (Å²) in [6.07, 6.45) is 5.55. The number of aromatic nitrogens is 2. The maximum absolute atomic E-state index is 15.0. The zero-order chi connectivity index (χ0) is 26.4. The van der Waals surface area contributed by atoms with Crippen molar-refractivity contribution in [2.75, 3.05) is 36.8 Å². The smallest absolute Gasteiger partial charge is 0.258 e. The molecule has 8 heteroatoms. The molecule has 1 atom stereocenters. The Labute approximate surface area is 220 Å². The van der Waals surface area contributed by atoms with Gasteiger partial charge in [-0.05, 0) is 72.2 Å². The fourth-order valence-corrected chi connectivity index (χ4v) is 5.63. The molecule has 0 radical (unpaired) electrons. The standard InChI is InChI=1S/C30H31F2N5O/c1-18(14-19-2-3-19)36-10-12-37(13-11-36)23-6-4-20(5-7-23)24-17-25(29(33)35-28(24)32)22-15-21-8-9-34-30(38)27(21)26(31)16-22/h4-9,15-19H,2-3,10-14H2,1H3,(H2,33,35)(H,34,38)/t18-/m1/s1. The number of hydrogen-bond acceptors (Lipinski definition) is 5. The molecule has 196 valence electrons. The Morgan fingerprint density at radius 1 is 1.00 bits per heavy atom. The number of aromatic amines is 1. The number of nitrogens with two attached hydrogens (primary N) is 1. The van der Waals surface area contributed by atoms with Crippen molar-refractivity contribution in [2.24, 2.45) is 5.92 Å². The second-order valence-electron chi connectivity index (χ2n) is 10.6. The van der Waals surface area contributed by atoms with Gasteiger partial charge in [0, 0.05) is 55.2 Å². The third-order valence-corrected chi connectivity index (χ3v) is 7.99. The van der Waals surface area contributed by atoms with Gasteiger partial charge in [0.05, 0.1) is 5.39 Å². The Morgan fingerprint density at radius 3 is 2.45 bits per heavy atom. The molecular formula is C30H31F2N5O. The summed E-state index contributed by atoms with van der Waals surface area (Å²) in [5.74, 6) is -0.463. The number of anilines is 2. The summed E-state index contributed by atoms with van der Waals surface area (Å²) in [4.78, 5) is 23.4. The third kappa shape index (κ3) is 4.76. The number of rotatable bonds is 6. The second-order valence-corrected chi connectivity index (χ2v) is 10.6. The first kappa shape index (κ1) is 24.6. The topological polar surface area (TPSA) is 78.2 Å². The van der Waals surface area contributed by atoms with Gasteiger partial charge in [0.2, 0.25) is 5.95 Å². The highest BCUT2D eigenvalue weighted by molar-refractivity contribution is 5.90. The second kappa shape index (κ2) is 9.83. The summed E-state index contributed by atoms with van der Waals surface area (Å²) in [7, 11) is 0. The van der Waals surface area contributed by atoms with Crippen LogP contribution in [0, 0.1) is 17.7 Å². The van der Waals surface area contributed by atoms with Crippen LogP contribution in [0.3, 0.4) is 0 Å². The van der Waals surface area contributed by atoms with Gasteiger partial charge in [-0.15, -0.1) is 0 Å². The molecule has 0 spiro atoms. The number of pyridine rings is 2. The van der Waals surface area contributed by atoms with Gasteiger partial charge in [-0.25, -0.2) is 9.37 Å². The van der Waals surface area contributed by atoms with Gasteiger partial charge in [0.15, 0.2) is 0 Å². The molecule has 1 aliphatic carbocycles. The van der Waals surface area contributed by atoms with E-state index in [0.717, 1.165) is 37.8 Å². The third-order valence-electron chi connectivity index (χ3n) is 7.99.